The fraction of sp³-hybridized carbons (Fsp3) is 0.124. The summed E-state index contributed by atoms with van der Waals surface area (Å²) in [5.74, 6) is 1.87. The molecule has 0 saturated carbocycles. The summed E-state index contributed by atoms with van der Waals surface area (Å²) in [6.07, 6.45) is 2.67. The number of azo groups is 8. The van der Waals surface area contributed by atoms with Crippen LogP contribution in [0.2, 0.25) is 0 Å². The molecule has 660 valence electrons. The predicted molar refractivity (Wildman–Crippen MR) is 492 cm³/mol. The van der Waals surface area contributed by atoms with E-state index in [1.165, 1.54) is 78.9 Å². The predicted octanol–water partition coefficient (Wildman–Crippen LogP) is 25.0. The van der Waals surface area contributed by atoms with Crippen LogP contribution in [0.3, 0.4) is 0 Å². The van der Waals surface area contributed by atoms with Crippen LogP contribution < -0.4 is 21.3 Å². The Hall–Kier alpha value is -15.7. The third-order valence-electron chi connectivity index (χ3n) is 19.1. The molecular weight excluding hydrogens is 1750 g/mol. The number of unbranched alkanes of at least 4 members (excludes halogenated alkanes) is 2. The van der Waals surface area contributed by atoms with Gasteiger partial charge in [0, 0.05) is 37.3 Å². The van der Waals surface area contributed by atoms with E-state index >= 15 is 0 Å². The normalized spacial score (nSPS) is 12.3. The van der Waals surface area contributed by atoms with Crippen LogP contribution in [0.1, 0.15) is 64.3 Å². The van der Waals surface area contributed by atoms with Crippen LogP contribution in [-0.4, -0.2) is 94.9 Å². The van der Waals surface area contributed by atoms with Gasteiger partial charge in [0.25, 0.3) is 40.5 Å². The van der Waals surface area contributed by atoms with Gasteiger partial charge in [-0.2, -0.15) is 130 Å². The molecule has 0 radical (unpaired) electrons. The maximum atomic E-state index is 12.6. The molecule has 0 aliphatic carbocycles. The Morgan fingerprint density at radius 1 is 0.252 bits per heavy atom. The van der Waals surface area contributed by atoms with Crippen LogP contribution in [0.4, 0.5) is 126 Å². The van der Waals surface area contributed by atoms with Gasteiger partial charge in [-0.05, 0) is 287 Å². The molecular formula is C89H78N26O12S4. The first-order valence-corrected chi connectivity index (χ1v) is 45.7. The summed E-state index contributed by atoms with van der Waals surface area (Å²) in [7, 11) is -18.3. The van der Waals surface area contributed by atoms with E-state index in [2.05, 4.69) is 103 Å². The number of rotatable bonds is 36. The molecule has 0 amide bonds. The number of hydrogen-bond donors (Lipinski definition) is 8. The van der Waals surface area contributed by atoms with Gasteiger partial charge in [-0.25, -0.2) is 4.98 Å². The van der Waals surface area contributed by atoms with Gasteiger partial charge in [0.05, 0.1) is 89.4 Å². The lowest BCUT2D eigenvalue weighted by atomic mass is 10.1. The zero-order chi connectivity index (χ0) is 92.1. The highest BCUT2D eigenvalue weighted by Gasteiger charge is 2.21. The first kappa shape index (κ1) is 91.5. The largest absolute Gasteiger partial charge is 0.354 e. The lowest BCUT2D eigenvalue weighted by Crippen LogP contribution is -2.13. The molecule has 14 aromatic rings. The fourth-order valence-electron chi connectivity index (χ4n) is 12.4. The van der Waals surface area contributed by atoms with Crippen LogP contribution in [0.15, 0.2) is 368 Å². The quantitative estimate of drug-likeness (QED) is 0.0103. The van der Waals surface area contributed by atoms with Crippen molar-refractivity contribution < 1.29 is 51.9 Å². The summed E-state index contributed by atoms with van der Waals surface area (Å²) in [4.78, 5) is 27.5. The Morgan fingerprint density at radius 3 is 0.863 bits per heavy atom. The minimum Gasteiger partial charge on any atom is -0.354 e. The molecule has 0 aliphatic heterocycles. The Balaban J connectivity index is 0.658. The van der Waals surface area contributed by atoms with E-state index in [9.17, 15) is 51.9 Å². The molecule has 0 saturated heterocycles. The van der Waals surface area contributed by atoms with E-state index in [1.807, 2.05) is 69.3 Å². The second-order valence-electron chi connectivity index (χ2n) is 29.1. The van der Waals surface area contributed by atoms with Crippen molar-refractivity contribution in [2.45, 2.75) is 79.4 Å². The SMILES string of the molecule is Cc1cc(Cc2nc(Cc3ccc(N=Nc4ccc(N=Nc5ccccc5)cc4S(=O)(=O)O)c(C)c3)nc(NCCCCCNc3nc(Nc4ccc(N=Nc5ccc(N=Nc6ccc(S(=O)(=O)O)cc6)cc5)c(C)c4)nc(Nc4ccc(N=Nc5ccc(N=Nc6ccccc6)cc5S(=O)(=O)O)c(C)c4)n3)n2)ccc1N=Nc1ccc(N=Nc2ccc(S(=O)(=O)O)cc2)cc1. The van der Waals surface area contributed by atoms with Crippen LogP contribution in [0.5, 0.6) is 0 Å². The van der Waals surface area contributed by atoms with E-state index in [-0.39, 0.29) is 56.8 Å². The molecule has 0 spiro atoms. The lowest BCUT2D eigenvalue weighted by Gasteiger charge is -2.13. The number of hydrogen-bond acceptors (Lipinski definition) is 34. The van der Waals surface area contributed by atoms with E-state index < -0.39 is 50.3 Å². The van der Waals surface area contributed by atoms with Crippen LogP contribution in [0.25, 0.3) is 0 Å². The average Bonchev–Trinajstić information content (AvgIpc) is 0.805. The highest BCUT2D eigenvalue weighted by molar-refractivity contribution is 7.86. The number of aryl methyl sites for hydroxylation is 4. The monoisotopic (exact) mass is 1830 g/mol. The summed E-state index contributed by atoms with van der Waals surface area (Å²) in [5.41, 5.74) is 11.8. The Kier molecular flexibility index (Phi) is 29.2. The van der Waals surface area contributed by atoms with Crippen molar-refractivity contribution in [1.29, 1.82) is 0 Å². The maximum absolute atomic E-state index is 12.6. The summed E-state index contributed by atoms with van der Waals surface area (Å²) >= 11 is 0. The number of benzene rings is 12. The molecule has 131 heavy (non-hydrogen) atoms. The summed E-state index contributed by atoms with van der Waals surface area (Å²) in [6, 6.07) is 71.9. The van der Waals surface area contributed by atoms with E-state index in [0.717, 1.165) is 34.7 Å². The van der Waals surface area contributed by atoms with E-state index in [4.69, 9.17) is 29.9 Å². The smallest absolute Gasteiger partial charge is 0.296 e. The number of aromatic nitrogens is 6. The van der Waals surface area contributed by atoms with Gasteiger partial charge in [0.15, 0.2) is 0 Å². The molecule has 0 aliphatic rings. The molecule has 38 nitrogen and oxygen atoms in total. The van der Waals surface area contributed by atoms with Gasteiger partial charge in [0.1, 0.15) is 32.8 Å². The molecule has 0 bridgehead atoms. The number of nitrogens with one attached hydrogen (secondary N) is 4. The molecule has 42 heteroatoms. The highest BCUT2D eigenvalue weighted by Crippen LogP contribution is 2.38. The van der Waals surface area contributed by atoms with Gasteiger partial charge < -0.3 is 21.3 Å². The van der Waals surface area contributed by atoms with Crippen molar-refractivity contribution in [1.82, 2.24) is 29.9 Å². The zero-order valence-electron chi connectivity index (χ0n) is 69.9. The average molecular weight is 1830 g/mol. The third-order valence-corrected chi connectivity index (χ3v) is 22.6. The molecule has 12 aromatic carbocycles. The first-order valence-electron chi connectivity index (χ1n) is 39.9. The van der Waals surface area contributed by atoms with Crippen molar-refractivity contribution in [2.24, 2.45) is 81.8 Å². The van der Waals surface area contributed by atoms with Gasteiger partial charge in [0.2, 0.25) is 23.8 Å². The van der Waals surface area contributed by atoms with Crippen LogP contribution in [0, 0.1) is 27.7 Å². The molecule has 14 rings (SSSR count). The van der Waals surface area contributed by atoms with Crippen molar-refractivity contribution in [3.63, 3.8) is 0 Å². The topological polar surface area (TPSA) is 541 Å². The Morgan fingerprint density at radius 2 is 0.527 bits per heavy atom. The lowest BCUT2D eigenvalue weighted by molar-refractivity contribution is 0.481. The molecule has 2 heterocycles. The maximum Gasteiger partial charge on any atom is 0.296 e. The third kappa shape index (κ3) is 26.7. The molecule has 0 atom stereocenters. The van der Waals surface area contributed by atoms with Gasteiger partial charge in [-0.3, -0.25) is 18.2 Å². The van der Waals surface area contributed by atoms with Crippen molar-refractivity contribution in [2.75, 3.05) is 34.4 Å². The van der Waals surface area contributed by atoms with Crippen molar-refractivity contribution >= 4 is 167 Å². The van der Waals surface area contributed by atoms with E-state index in [1.54, 1.807) is 140 Å². The van der Waals surface area contributed by atoms with Gasteiger partial charge in [-0.15, -0.1) is 10.2 Å². The minimum absolute atomic E-state index is 0.114. The molecule has 2 aromatic heterocycles. The second-order valence-corrected chi connectivity index (χ2v) is 34.7. The van der Waals surface area contributed by atoms with Gasteiger partial charge >= 0.3 is 0 Å². The molecule has 0 unspecified atom stereocenters. The van der Waals surface area contributed by atoms with Crippen molar-refractivity contribution in [3.8, 4) is 0 Å². The minimum atomic E-state index is -4.78. The number of nitrogens with zero attached hydrogens (tertiary/aromatic N) is 22. The Bertz CT molecular complexity index is 6860. The fourth-order valence-corrected chi connectivity index (χ4v) is 14.7. The van der Waals surface area contributed by atoms with Crippen molar-refractivity contribution in [3.05, 3.63) is 312 Å². The molecule has 8 N–H and O–H groups in total. The van der Waals surface area contributed by atoms with E-state index in [0.29, 0.717) is 141 Å². The summed E-state index contributed by atoms with van der Waals surface area (Å²) in [5, 5.41) is 81.7. The van der Waals surface area contributed by atoms with Crippen LogP contribution >= 0.6 is 0 Å². The zero-order valence-corrected chi connectivity index (χ0v) is 73.1. The van der Waals surface area contributed by atoms with Gasteiger partial charge in [-0.1, -0.05) is 60.7 Å². The molecule has 0 fully saturated rings. The Labute approximate surface area is 751 Å². The highest BCUT2D eigenvalue weighted by atomic mass is 32.2. The number of anilines is 6. The summed E-state index contributed by atoms with van der Waals surface area (Å²) in [6.45, 7) is 8.33. The summed E-state index contributed by atoms with van der Waals surface area (Å²) < 4.78 is 135. The first-order chi connectivity index (χ1) is 62.9. The second kappa shape index (κ2) is 41.8. The van der Waals surface area contributed by atoms with Crippen LogP contribution in [-0.2, 0) is 53.3 Å². The standard InChI is InChI=1S/C89H78N26O12S4/c1-56-48-60(18-40-76(56)110-106-66-24-20-64(21-25-66)102-104-68-28-36-74(37-29-68)128(116,117)118)52-84-94-85(53-61-19-41-77(57(2)49-61)112-114-80-44-34-72(54-82(80)130(122,123)124)108-100-62-14-8-5-9-15-62)96-86(95-84)90-46-12-7-13-47-91-87-97-88(92-70-32-42-78(58(3)50-70)111-107-67-26-22-65(23-27-67)103-105-69-30-38-75(39-31-69)129(119,120)121)99-89(98-87)93-71-33-43-79(59(4)51-71)113-115-81-45-35-73(55-83(81)131(125,126)127)109-101-63-16-10-6-11-17-63/h5-6,8-11,14-45,48-51,54-55H,7,12-13,46-47,52-53H2,1-4H3,(H,116,117,118)(H,119,120,121)(H,122,123,124)(H,125,126,127)(H,90,94,95,96)(H3,91,92,93,97,98,99).